The molecule has 0 spiro atoms. The molecule has 17 heavy (non-hydrogen) atoms. The van der Waals surface area contributed by atoms with Crippen LogP contribution in [0, 0.1) is 5.41 Å². The molecule has 0 bridgehead atoms. The molecule has 1 rings (SSSR count). The third-order valence-electron chi connectivity index (χ3n) is 2.92. The molecule has 1 atom stereocenters. The van der Waals surface area contributed by atoms with Crippen molar-refractivity contribution < 1.29 is 9.52 Å². The van der Waals surface area contributed by atoms with Gasteiger partial charge in [0, 0.05) is 13.2 Å². The van der Waals surface area contributed by atoms with Crippen LogP contribution in [-0.4, -0.2) is 18.3 Å². The highest BCUT2D eigenvalue weighted by Gasteiger charge is 2.19. The second-order valence-electron chi connectivity index (χ2n) is 5.24. The number of aliphatic hydroxyl groups is 1. The van der Waals surface area contributed by atoms with Crippen molar-refractivity contribution >= 4 is 15.9 Å². The Balaban J connectivity index is 2.39. The molecule has 0 aliphatic carbocycles. The van der Waals surface area contributed by atoms with Crippen LogP contribution in [0.5, 0.6) is 0 Å². The topological polar surface area (TPSA) is 45.4 Å². The number of halogens is 1. The van der Waals surface area contributed by atoms with Gasteiger partial charge in [0.15, 0.2) is 4.67 Å². The lowest BCUT2D eigenvalue weighted by molar-refractivity contribution is 0.230. The lowest BCUT2D eigenvalue weighted by Gasteiger charge is -2.26. The minimum absolute atomic E-state index is 0.195. The van der Waals surface area contributed by atoms with Crippen LogP contribution in [0.2, 0.25) is 0 Å². The molecule has 3 nitrogen and oxygen atoms in total. The average Bonchev–Trinajstić information content (AvgIpc) is 2.70. The van der Waals surface area contributed by atoms with E-state index in [4.69, 9.17) is 9.52 Å². The third-order valence-corrected chi connectivity index (χ3v) is 3.35. The van der Waals surface area contributed by atoms with E-state index in [0.29, 0.717) is 0 Å². The van der Waals surface area contributed by atoms with Gasteiger partial charge in [0.2, 0.25) is 0 Å². The monoisotopic (exact) mass is 303 g/mol. The molecular weight excluding hydrogens is 282 g/mol. The quantitative estimate of drug-likeness (QED) is 0.810. The fraction of sp³-hybridized carbons (Fsp3) is 0.692. The van der Waals surface area contributed by atoms with E-state index >= 15 is 0 Å². The molecule has 0 aliphatic heterocycles. The minimum atomic E-state index is 0.195. The van der Waals surface area contributed by atoms with E-state index in [-0.39, 0.29) is 18.1 Å². The lowest BCUT2D eigenvalue weighted by Crippen LogP contribution is -2.31. The summed E-state index contributed by atoms with van der Waals surface area (Å²) in [4.78, 5) is 0. The van der Waals surface area contributed by atoms with Gasteiger partial charge < -0.3 is 14.8 Å². The van der Waals surface area contributed by atoms with Gasteiger partial charge in [-0.3, -0.25) is 0 Å². The molecule has 1 unspecified atom stereocenters. The summed E-state index contributed by atoms with van der Waals surface area (Å²) in [6, 6.07) is 4.09. The zero-order valence-corrected chi connectivity index (χ0v) is 12.4. The molecular formula is C13H22BrNO2. The van der Waals surface area contributed by atoms with Crippen molar-refractivity contribution in [2.75, 3.05) is 13.2 Å². The molecule has 0 amide bonds. The van der Waals surface area contributed by atoms with Gasteiger partial charge in [0.1, 0.15) is 5.76 Å². The first-order valence-corrected chi connectivity index (χ1v) is 6.83. The first-order valence-electron chi connectivity index (χ1n) is 6.04. The van der Waals surface area contributed by atoms with Crippen molar-refractivity contribution in [2.24, 2.45) is 5.41 Å². The Morgan fingerprint density at radius 2 is 2.18 bits per heavy atom. The summed E-state index contributed by atoms with van der Waals surface area (Å²) in [6.45, 7) is 7.69. The molecule has 0 saturated heterocycles. The van der Waals surface area contributed by atoms with Gasteiger partial charge in [-0.25, -0.2) is 0 Å². The van der Waals surface area contributed by atoms with Crippen LogP contribution in [-0.2, 0) is 0 Å². The maximum Gasteiger partial charge on any atom is 0.169 e. The molecule has 1 aromatic rings. The van der Waals surface area contributed by atoms with E-state index in [1.807, 2.05) is 12.1 Å². The summed E-state index contributed by atoms with van der Waals surface area (Å²) in [5.74, 6) is 0.940. The maximum absolute atomic E-state index is 8.85. The number of aliphatic hydroxyl groups excluding tert-OH is 1. The fourth-order valence-electron chi connectivity index (χ4n) is 1.74. The highest BCUT2D eigenvalue weighted by atomic mass is 79.9. The normalized spacial score (nSPS) is 13.9. The maximum atomic E-state index is 8.85. The second kappa shape index (κ2) is 6.57. The van der Waals surface area contributed by atoms with Crippen molar-refractivity contribution in [1.82, 2.24) is 5.32 Å². The number of hydrogen-bond acceptors (Lipinski definition) is 3. The predicted octanol–water partition coefficient (Wildman–Crippen LogP) is 3.49. The van der Waals surface area contributed by atoms with Crippen LogP contribution in [0.4, 0.5) is 0 Å². The summed E-state index contributed by atoms with van der Waals surface area (Å²) in [5.41, 5.74) is 0.195. The van der Waals surface area contributed by atoms with Gasteiger partial charge in [-0.15, -0.1) is 0 Å². The van der Waals surface area contributed by atoms with E-state index in [1.165, 1.54) is 0 Å². The Kier molecular flexibility index (Phi) is 5.70. The van der Waals surface area contributed by atoms with E-state index in [1.54, 1.807) is 0 Å². The van der Waals surface area contributed by atoms with Gasteiger partial charge in [-0.05, 0) is 53.2 Å². The summed E-state index contributed by atoms with van der Waals surface area (Å²) in [6.07, 6.45) is 1.88. The minimum Gasteiger partial charge on any atom is -0.453 e. The van der Waals surface area contributed by atoms with Crippen LogP contribution >= 0.6 is 15.9 Å². The van der Waals surface area contributed by atoms with Crippen molar-refractivity contribution in [3.63, 3.8) is 0 Å². The van der Waals surface area contributed by atoms with Gasteiger partial charge in [-0.1, -0.05) is 13.8 Å². The van der Waals surface area contributed by atoms with Gasteiger partial charge in [-0.2, -0.15) is 0 Å². The zero-order valence-electron chi connectivity index (χ0n) is 10.8. The lowest BCUT2D eigenvalue weighted by atomic mass is 9.87. The number of nitrogens with one attached hydrogen (secondary N) is 1. The number of furan rings is 1. The molecule has 0 saturated carbocycles. The van der Waals surface area contributed by atoms with Crippen molar-refractivity contribution in [3.8, 4) is 0 Å². The molecule has 4 heteroatoms. The Hall–Kier alpha value is -0.320. The van der Waals surface area contributed by atoms with E-state index in [9.17, 15) is 0 Å². The molecule has 0 aromatic carbocycles. The van der Waals surface area contributed by atoms with Gasteiger partial charge in [0.05, 0.1) is 6.04 Å². The molecule has 1 heterocycles. The van der Waals surface area contributed by atoms with Crippen LogP contribution < -0.4 is 5.32 Å². The van der Waals surface area contributed by atoms with E-state index in [0.717, 1.165) is 29.8 Å². The smallest absolute Gasteiger partial charge is 0.169 e. The average molecular weight is 304 g/mol. The van der Waals surface area contributed by atoms with Crippen LogP contribution in [0.25, 0.3) is 0 Å². The molecule has 98 valence electrons. The molecule has 1 aromatic heterocycles. The van der Waals surface area contributed by atoms with Crippen LogP contribution in [0.3, 0.4) is 0 Å². The highest BCUT2D eigenvalue weighted by molar-refractivity contribution is 9.10. The van der Waals surface area contributed by atoms with Gasteiger partial charge >= 0.3 is 0 Å². The Morgan fingerprint density at radius 3 is 2.71 bits per heavy atom. The highest BCUT2D eigenvalue weighted by Crippen LogP contribution is 2.24. The molecule has 0 aliphatic rings. The number of rotatable bonds is 7. The largest absolute Gasteiger partial charge is 0.453 e. The first kappa shape index (κ1) is 14.7. The molecule has 2 N–H and O–H groups in total. The Bertz CT molecular complexity index is 336. The third kappa shape index (κ3) is 5.23. The summed E-state index contributed by atoms with van der Waals surface area (Å²) in [7, 11) is 0. The molecule has 0 fully saturated rings. The van der Waals surface area contributed by atoms with E-state index < -0.39 is 0 Å². The standard InChI is InChI=1S/C13H22BrNO2/c1-10(11-5-6-12(14)17-11)15-9-13(2,3)7-4-8-16/h5-6,10,15-16H,4,7-9H2,1-3H3. The predicted molar refractivity (Wildman–Crippen MR) is 72.9 cm³/mol. The van der Waals surface area contributed by atoms with Crippen molar-refractivity contribution in [2.45, 2.75) is 39.7 Å². The zero-order chi connectivity index (χ0) is 12.9. The first-order chi connectivity index (χ1) is 7.94. The molecule has 0 radical (unpaired) electrons. The SMILES string of the molecule is CC(NCC(C)(C)CCCO)c1ccc(Br)o1. The Labute approximate surface area is 112 Å². The van der Waals surface area contributed by atoms with Crippen LogP contribution in [0.15, 0.2) is 21.2 Å². The number of hydrogen-bond donors (Lipinski definition) is 2. The summed E-state index contributed by atoms with van der Waals surface area (Å²) in [5, 5.41) is 12.3. The summed E-state index contributed by atoms with van der Waals surface area (Å²) < 4.78 is 6.27. The fourth-order valence-corrected chi connectivity index (χ4v) is 2.06. The van der Waals surface area contributed by atoms with Crippen molar-refractivity contribution in [1.29, 1.82) is 0 Å². The second-order valence-corrected chi connectivity index (χ2v) is 6.02. The Morgan fingerprint density at radius 1 is 1.47 bits per heavy atom. The van der Waals surface area contributed by atoms with Crippen LogP contribution in [0.1, 0.15) is 45.4 Å². The van der Waals surface area contributed by atoms with Crippen molar-refractivity contribution in [3.05, 3.63) is 22.6 Å². The van der Waals surface area contributed by atoms with E-state index in [2.05, 4.69) is 42.0 Å². The summed E-state index contributed by atoms with van der Waals surface area (Å²) >= 11 is 3.30. The van der Waals surface area contributed by atoms with Gasteiger partial charge in [0.25, 0.3) is 0 Å².